The van der Waals surface area contributed by atoms with Crippen LogP contribution in [0.3, 0.4) is 0 Å². The van der Waals surface area contributed by atoms with Gasteiger partial charge in [0.15, 0.2) is 0 Å². The van der Waals surface area contributed by atoms with Crippen molar-refractivity contribution < 1.29 is 18.0 Å². The molecule has 1 aromatic rings. The van der Waals surface area contributed by atoms with Crippen LogP contribution < -0.4 is 5.73 Å². The highest BCUT2D eigenvalue weighted by atomic mass is 35.5. The zero-order valence-electron chi connectivity index (χ0n) is 14.1. The van der Waals surface area contributed by atoms with Crippen molar-refractivity contribution in [1.29, 1.82) is 0 Å². The molecule has 2 aliphatic rings. The van der Waals surface area contributed by atoms with Gasteiger partial charge < -0.3 is 10.6 Å². The van der Waals surface area contributed by atoms with E-state index in [1.54, 1.807) is 6.07 Å². The second-order valence-corrected chi connectivity index (χ2v) is 6.99. The third kappa shape index (κ3) is 3.95. The fourth-order valence-corrected chi connectivity index (χ4v) is 4.19. The molecule has 4 atom stereocenters. The minimum Gasteiger partial charge on any atom is -0.342 e. The molecule has 3 nitrogen and oxygen atoms in total. The van der Waals surface area contributed by atoms with Gasteiger partial charge in [0.05, 0.1) is 11.5 Å². The topological polar surface area (TPSA) is 46.3 Å². The first-order valence-corrected chi connectivity index (χ1v) is 8.52. The van der Waals surface area contributed by atoms with Gasteiger partial charge in [0.25, 0.3) is 0 Å². The normalized spacial score (nSPS) is 26.9. The van der Waals surface area contributed by atoms with Gasteiger partial charge in [0.1, 0.15) is 0 Å². The van der Waals surface area contributed by atoms with Gasteiger partial charge in [-0.25, -0.2) is 0 Å². The lowest BCUT2D eigenvalue weighted by Crippen LogP contribution is -2.36. The summed E-state index contributed by atoms with van der Waals surface area (Å²) in [6.07, 6.45) is -1.87. The zero-order chi connectivity index (χ0) is 17.5. The summed E-state index contributed by atoms with van der Waals surface area (Å²) in [5, 5.41) is 0. The van der Waals surface area contributed by atoms with E-state index in [-0.39, 0.29) is 24.4 Å². The summed E-state index contributed by atoms with van der Waals surface area (Å²) < 4.78 is 38.8. The number of amides is 1. The molecule has 1 aliphatic carbocycles. The molecule has 0 radical (unpaired) electrons. The van der Waals surface area contributed by atoms with E-state index < -0.39 is 17.7 Å². The smallest absolute Gasteiger partial charge is 0.342 e. The van der Waals surface area contributed by atoms with Gasteiger partial charge in [-0.1, -0.05) is 25.1 Å². The molecule has 4 unspecified atom stereocenters. The SMILES string of the molecule is CCC(C(=O)N1CC2CCC(N)C2C1)c1cccc(C(F)(F)F)c1.Cl. The van der Waals surface area contributed by atoms with E-state index in [0.29, 0.717) is 36.9 Å². The molecular formula is C18H24ClF3N2O. The Hall–Kier alpha value is -1.27. The number of likely N-dealkylation sites (tertiary alicyclic amines) is 1. The molecule has 1 saturated heterocycles. The van der Waals surface area contributed by atoms with Crippen molar-refractivity contribution in [1.82, 2.24) is 4.90 Å². The molecule has 0 bridgehead atoms. The van der Waals surface area contributed by atoms with Gasteiger partial charge in [0.2, 0.25) is 5.91 Å². The lowest BCUT2D eigenvalue weighted by atomic mass is 9.93. The van der Waals surface area contributed by atoms with E-state index in [2.05, 4.69) is 0 Å². The average molecular weight is 377 g/mol. The van der Waals surface area contributed by atoms with Crippen molar-refractivity contribution in [2.75, 3.05) is 13.1 Å². The van der Waals surface area contributed by atoms with Crippen LogP contribution in [0, 0.1) is 11.8 Å². The first-order chi connectivity index (χ1) is 11.3. The molecule has 3 rings (SSSR count). The Balaban J connectivity index is 0.00000225. The van der Waals surface area contributed by atoms with E-state index in [1.165, 1.54) is 6.07 Å². The highest BCUT2D eigenvalue weighted by Gasteiger charge is 2.43. The predicted octanol–water partition coefficient (Wildman–Crippen LogP) is 3.82. The summed E-state index contributed by atoms with van der Waals surface area (Å²) in [7, 11) is 0. The van der Waals surface area contributed by atoms with E-state index in [1.807, 2.05) is 11.8 Å². The third-order valence-electron chi connectivity index (χ3n) is 5.55. The largest absolute Gasteiger partial charge is 0.416 e. The fourth-order valence-electron chi connectivity index (χ4n) is 4.19. The Morgan fingerprint density at radius 1 is 1.32 bits per heavy atom. The minimum atomic E-state index is -4.39. The van der Waals surface area contributed by atoms with E-state index in [4.69, 9.17) is 5.73 Å². The Bertz CT molecular complexity index is 623. The molecule has 25 heavy (non-hydrogen) atoms. The number of nitrogens with zero attached hydrogens (tertiary/aromatic N) is 1. The van der Waals surface area contributed by atoms with Crippen LogP contribution in [0.1, 0.15) is 43.2 Å². The molecule has 2 N–H and O–H groups in total. The van der Waals surface area contributed by atoms with Crippen LogP contribution in [0.2, 0.25) is 0 Å². The monoisotopic (exact) mass is 376 g/mol. The number of fused-ring (bicyclic) bond motifs is 1. The number of alkyl halides is 3. The molecule has 7 heteroatoms. The Labute approximate surface area is 152 Å². The lowest BCUT2D eigenvalue weighted by Gasteiger charge is -2.25. The molecule has 2 fully saturated rings. The van der Waals surface area contributed by atoms with E-state index in [0.717, 1.165) is 25.0 Å². The number of carbonyl (C=O) groups is 1. The fraction of sp³-hybridized carbons (Fsp3) is 0.611. The summed E-state index contributed by atoms with van der Waals surface area (Å²) in [6, 6.07) is 5.28. The molecule has 1 amide bonds. The van der Waals surface area contributed by atoms with Gasteiger partial charge in [-0.05, 0) is 42.7 Å². The first kappa shape index (κ1) is 20.0. The van der Waals surface area contributed by atoms with Gasteiger partial charge in [0, 0.05) is 19.1 Å². The summed E-state index contributed by atoms with van der Waals surface area (Å²) in [5.74, 6) is 0.191. The standard InChI is InChI=1S/C18H23F3N2O.ClH/c1-2-14(11-4-3-5-13(8-11)18(19,20)21)17(24)23-9-12-6-7-16(22)15(12)10-23;/h3-5,8,12,14-16H,2,6-7,9-10,22H2,1H3;1H. The maximum absolute atomic E-state index is 12.9. The minimum absolute atomic E-state index is 0. The predicted molar refractivity (Wildman–Crippen MR) is 92.5 cm³/mol. The van der Waals surface area contributed by atoms with Crippen LogP contribution in [0.5, 0.6) is 0 Å². The van der Waals surface area contributed by atoms with Crippen molar-refractivity contribution in [3.8, 4) is 0 Å². The van der Waals surface area contributed by atoms with E-state index in [9.17, 15) is 18.0 Å². The van der Waals surface area contributed by atoms with Crippen molar-refractivity contribution in [2.24, 2.45) is 17.6 Å². The van der Waals surface area contributed by atoms with Gasteiger partial charge in [-0.3, -0.25) is 4.79 Å². The van der Waals surface area contributed by atoms with Crippen molar-refractivity contribution in [3.63, 3.8) is 0 Å². The molecule has 1 heterocycles. The van der Waals surface area contributed by atoms with Crippen LogP contribution in [0.15, 0.2) is 24.3 Å². The van der Waals surface area contributed by atoms with Crippen LogP contribution in [0.25, 0.3) is 0 Å². The van der Waals surface area contributed by atoms with Crippen LogP contribution >= 0.6 is 12.4 Å². The van der Waals surface area contributed by atoms with E-state index >= 15 is 0 Å². The van der Waals surface area contributed by atoms with Crippen molar-refractivity contribution in [3.05, 3.63) is 35.4 Å². The maximum Gasteiger partial charge on any atom is 0.416 e. The van der Waals surface area contributed by atoms with Crippen molar-refractivity contribution in [2.45, 2.75) is 44.3 Å². The molecule has 1 aromatic carbocycles. The summed E-state index contributed by atoms with van der Waals surface area (Å²) in [6.45, 7) is 3.16. The number of nitrogens with two attached hydrogens (primary N) is 1. The quantitative estimate of drug-likeness (QED) is 0.871. The Kier molecular flexibility index (Phi) is 6.05. The Morgan fingerprint density at radius 3 is 2.64 bits per heavy atom. The molecular weight excluding hydrogens is 353 g/mol. The zero-order valence-corrected chi connectivity index (χ0v) is 14.9. The average Bonchev–Trinajstić information content (AvgIpc) is 3.10. The maximum atomic E-state index is 12.9. The highest BCUT2D eigenvalue weighted by molar-refractivity contribution is 5.85. The molecule has 140 valence electrons. The van der Waals surface area contributed by atoms with Gasteiger partial charge in [-0.2, -0.15) is 13.2 Å². The summed E-state index contributed by atoms with van der Waals surface area (Å²) in [4.78, 5) is 14.7. The number of halogens is 4. The number of hydrogen-bond acceptors (Lipinski definition) is 2. The van der Waals surface area contributed by atoms with Crippen molar-refractivity contribution >= 4 is 18.3 Å². The molecule has 1 aliphatic heterocycles. The van der Waals surface area contributed by atoms with Gasteiger partial charge >= 0.3 is 6.18 Å². The highest BCUT2D eigenvalue weighted by Crippen LogP contribution is 2.39. The Morgan fingerprint density at radius 2 is 2.04 bits per heavy atom. The first-order valence-electron chi connectivity index (χ1n) is 8.52. The number of hydrogen-bond donors (Lipinski definition) is 1. The molecule has 0 aromatic heterocycles. The van der Waals surface area contributed by atoms with Crippen LogP contribution in [0.4, 0.5) is 13.2 Å². The summed E-state index contributed by atoms with van der Waals surface area (Å²) in [5.41, 5.74) is 5.85. The van der Waals surface area contributed by atoms with Crippen LogP contribution in [-0.4, -0.2) is 29.9 Å². The second-order valence-electron chi connectivity index (χ2n) is 6.99. The molecule has 0 spiro atoms. The number of carbonyl (C=O) groups excluding carboxylic acids is 1. The molecule has 1 saturated carbocycles. The van der Waals surface area contributed by atoms with Gasteiger partial charge in [-0.15, -0.1) is 12.4 Å². The second kappa shape index (κ2) is 7.54. The third-order valence-corrected chi connectivity index (χ3v) is 5.55. The lowest BCUT2D eigenvalue weighted by molar-refractivity contribution is -0.138. The van der Waals surface area contributed by atoms with Crippen LogP contribution in [-0.2, 0) is 11.0 Å². The number of benzene rings is 1. The summed E-state index contributed by atoms with van der Waals surface area (Å²) >= 11 is 0. The number of rotatable bonds is 3.